The van der Waals surface area contributed by atoms with E-state index < -0.39 is 0 Å². The van der Waals surface area contributed by atoms with E-state index >= 15 is 0 Å². The first-order valence-electron chi connectivity index (χ1n) is 7.52. The van der Waals surface area contributed by atoms with Crippen molar-refractivity contribution in [1.29, 1.82) is 0 Å². The van der Waals surface area contributed by atoms with Crippen LogP contribution in [0.2, 0.25) is 0 Å². The predicted octanol–water partition coefficient (Wildman–Crippen LogP) is 3.71. The minimum Gasteiger partial charge on any atom is -0.493 e. The van der Waals surface area contributed by atoms with Crippen LogP contribution in [-0.2, 0) is 0 Å². The minimum absolute atomic E-state index is 0.493. The third-order valence-electron chi connectivity index (χ3n) is 3.83. The van der Waals surface area contributed by atoms with E-state index in [1.807, 2.05) is 18.2 Å². The highest BCUT2D eigenvalue weighted by molar-refractivity contribution is 7.80. The number of thiocarbonyl (C=S) groups is 1. The van der Waals surface area contributed by atoms with Gasteiger partial charge < -0.3 is 20.1 Å². The van der Waals surface area contributed by atoms with E-state index in [0.29, 0.717) is 22.7 Å². The van der Waals surface area contributed by atoms with Crippen LogP contribution in [0, 0.1) is 0 Å². The van der Waals surface area contributed by atoms with Gasteiger partial charge in [-0.15, -0.1) is 0 Å². The van der Waals surface area contributed by atoms with Crippen LogP contribution in [0.25, 0.3) is 0 Å². The number of methoxy groups -OCH3 is 2. The van der Waals surface area contributed by atoms with Crippen LogP contribution in [-0.4, -0.2) is 25.4 Å². The molecule has 1 aromatic rings. The van der Waals surface area contributed by atoms with Gasteiger partial charge in [-0.1, -0.05) is 25.7 Å². The maximum absolute atomic E-state index is 5.41. The van der Waals surface area contributed by atoms with Crippen LogP contribution in [0.5, 0.6) is 11.5 Å². The number of rotatable bonds is 4. The predicted molar refractivity (Wildman–Crippen MR) is 90.4 cm³/mol. The molecular weight excluding hydrogens is 284 g/mol. The summed E-state index contributed by atoms with van der Waals surface area (Å²) in [5, 5.41) is 7.32. The molecule has 2 rings (SSSR count). The maximum atomic E-state index is 5.41. The van der Waals surface area contributed by atoms with E-state index in [2.05, 4.69) is 10.6 Å². The summed E-state index contributed by atoms with van der Waals surface area (Å²) in [4.78, 5) is 0. The van der Waals surface area contributed by atoms with Gasteiger partial charge in [-0.25, -0.2) is 0 Å². The highest BCUT2D eigenvalue weighted by atomic mass is 32.1. The van der Waals surface area contributed by atoms with Gasteiger partial charge in [-0.2, -0.15) is 0 Å². The first kappa shape index (κ1) is 15.9. The SMILES string of the molecule is COc1ccc(NC(=S)NC2CCCCCC2)cc1OC. The Balaban J connectivity index is 1.92. The summed E-state index contributed by atoms with van der Waals surface area (Å²) in [6.45, 7) is 0. The Hall–Kier alpha value is -1.49. The van der Waals surface area contributed by atoms with Crippen molar-refractivity contribution in [1.82, 2.24) is 5.32 Å². The van der Waals surface area contributed by atoms with Crippen molar-refractivity contribution >= 4 is 23.0 Å². The van der Waals surface area contributed by atoms with Crippen LogP contribution in [0.4, 0.5) is 5.69 Å². The number of anilines is 1. The van der Waals surface area contributed by atoms with Gasteiger partial charge in [0.15, 0.2) is 16.6 Å². The van der Waals surface area contributed by atoms with Crippen LogP contribution in [0.3, 0.4) is 0 Å². The van der Waals surface area contributed by atoms with Gasteiger partial charge in [0.05, 0.1) is 14.2 Å². The molecule has 0 saturated heterocycles. The average Bonchev–Trinajstić information content (AvgIpc) is 2.75. The smallest absolute Gasteiger partial charge is 0.170 e. The lowest BCUT2D eigenvalue weighted by molar-refractivity contribution is 0.355. The van der Waals surface area contributed by atoms with Gasteiger partial charge in [0.2, 0.25) is 0 Å². The highest BCUT2D eigenvalue weighted by Gasteiger charge is 2.13. The molecule has 21 heavy (non-hydrogen) atoms. The molecule has 116 valence electrons. The van der Waals surface area contributed by atoms with E-state index in [0.717, 1.165) is 5.69 Å². The lowest BCUT2D eigenvalue weighted by atomic mass is 10.1. The van der Waals surface area contributed by atoms with Gasteiger partial charge in [0.25, 0.3) is 0 Å². The minimum atomic E-state index is 0.493. The molecule has 1 fully saturated rings. The molecular formula is C16H24N2O2S. The topological polar surface area (TPSA) is 42.5 Å². The molecule has 1 saturated carbocycles. The van der Waals surface area contributed by atoms with Gasteiger partial charge in [0, 0.05) is 17.8 Å². The normalized spacial score (nSPS) is 15.9. The number of hydrogen-bond acceptors (Lipinski definition) is 3. The third kappa shape index (κ3) is 4.77. The van der Waals surface area contributed by atoms with Crippen molar-refractivity contribution in [2.45, 2.75) is 44.6 Å². The lowest BCUT2D eigenvalue weighted by Gasteiger charge is -2.19. The highest BCUT2D eigenvalue weighted by Crippen LogP contribution is 2.29. The summed E-state index contributed by atoms with van der Waals surface area (Å²) in [5.41, 5.74) is 0.902. The van der Waals surface area contributed by atoms with E-state index in [4.69, 9.17) is 21.7 Å². The quantitative estimate of drug-likeness (QED) is 0.655. The standard InChI is InChI=1S/C16H24N2O2S/c1-19-14-10-9-13(11-15(14)20-2)18-16(21)17-12-7-5-3-4-6-8-12/h9-12H,3-8H2,1-2H3,(H2,17,18,21). The second-order valence-corrected chi connectivity index (χ2v) is 5.76. The van der Waals surface area contributed by atoms with Crippen LogP contribution >= 0.6 is 12.2 Å². The molecule has 0 atom stereocenters. The average molecular weight is 308 g/mol. The van der Waals surface area contributed by atoms with Gasteiger partial charge in [0.1, 0.15) is 0 Å². The fourth-order valence-corrected chi connectivity index (χ4v) is 2.97. The molecule has 0 radical (unpaired) electrons. The molecule has 4 nitrogen and oxygen atoms in total. The zero-order chi connectivity index (χ0) is 15.1. The van der Waals surface area contributed by atoms with Crippen LogP contribution in [0.15, 0.2) is 18.2 Å². The molecule has 0 heterocycles. The van der Waals surface area contributed by atoms with Crippen molar-refractivity contribution in [2.75, 3.05) is 19.5 Å². The molecule has 1 aliphatic carbocycles. The largest absolute Gasteiger partial charge is 0.493 e. The van der Waals surface area contributed by atoms with Crippen molar-refractivity contribution in [3.05, 3.63) is 18.2 Å². The number of ether oxygens (including phenoxy) is 2. The Bertz CT molecular complexity index is 471. The Morgan fingerprint density at radius 3 is 2.33 bits per heavy atom. The number of nitrogens with one attached hydrogen (secondary N) is 2. The fourth-order valence-electron chi connectivity index (χ4n) is 2.69. The van der Waals surface area contributed by atoms with E-state index in [9.17, 15) is 0 Å². The first-order chi connectivity index (χ1) is 10.2. The Morgan fingerprint density at radius 2 is 1.71 bits per heavy atom. The van der Waals surface area contributed by atoms with E-state index in [1.165, 1.54) is 38.5 Å². The zero-order valence-corrected chi connectivity index (χ0v) is 13.6. The lowest BCUT2D eigenvalue weighted by Crippen LogP contribution is -2.37. The third-order valence-corrected chi connectivity index (χ3v) is 4.05. The molecule has 0 spiro atoms. The number of benzene rings is 1. The monoisotopic (exact) mass is 308 g/mol. The van der Waals surface area contributed by atoms with Gasteiger partial charge in [-0.3, -0.25) is 0 Å². The summed E-state index contributed by atoms with van der Waals surface area (Å²) in [6, 6.07) is 6.19. The summed E-state index contributed by atoms with van der Waals surface area (Å²) in [6.07, 6.45) is 7.66. The molecule has 5 heteroatoms. The van der Waals surface area contributed by atoms with Crippen molar-refractivity contribution < 1.29 is 9.47 Å². The molecule has 0 amide bonds. The van der Waals surface area contributed by atoms with E-state index in [1.54, 1.807) is 14.2 Å². The molecule has 0 bridgehead atoms. The zero-order valence-electron chi connectivity index (χ0n) is 12.8. The fraction of sp³-hybridized carbons (Fsp3) is 0.562. The summed E-state index contributed by atoms with van der Waals surface area (Å²) in [5.74, 6) is 1.41. The Kier molecular flexibility index (Phi) is 6.11. The van der Waals surface area contributed by atoms with Gasteiger partial charge in [-0.05, 0) is 37.2 Å². The summed E-state index contributed by atoms with van der Waals surface area (Å²) >= 11 is 5.41. The molecule has 2 N–H and O–H groups in total. The van der Waals surface area contributed by atoms with Crippen molar-refractivity contribution in [2.24, 2.45) is 0 Å². The second-order valence-electron chi connectivity index (χ2n) is 5.36. The number of hydrogen-bond donors (Lipinski definition) is 2. The Morgan fingerprint density at radius 1 is 1.05 bits per heavy atom. The molecule has 0 unspecified atom stereocenters. The van der Waals surface area contributed by atoms with Crippen molar-refractivity contribution in [3.63, 3.8) is 0 Å². The van der Waals surface area contributed by atoms with Crippen LogP contribution in [0.1, 0.15) is 38.5 Å². The Labute approximate surface area is 132 Å². The van der Waals surface area contributed by atoms with E-state index in [-0.39, 0.29) is 0 Å². The van der Waals surface area contributed by atoms with Crippen LogP contribution < -0.4 is 20.1 Å². The van der Waals surface area contributed by atoms with Gasteiger partial charge >= 0.3 is 0 Å². The first-order valence-corrected chi connectivity index (χ1v) is 7.93. The summed E-state index contributed by atoms with van der Waals surface area (Å²) in [7, 11) is 3.26. The maximum Gasteiger partial charge on any atom is 0.170 e. The molecule has 0 aromatic heterocycles. The molecule has 0 aliphatic heterocycles. The molecule has 1 aliphatic rings. The summed E-state index contributed by atoms with van der Waals surface area (Å²) < 4.78 is 10.5. The molecule has 1 aromatic carbocycles. The van der Waals surface area contributed by atoms with Crippen molar-refractivity contribution in [3.8, 4) is 11.5 Å². The second kappa shape index (κ2) is 8.08.